The highest BCUT2D eigenvalue weighted by Gasteiger charge is 2.23. The molecule has 1 aliphatic rings. The Labute approximate surface area is 113 Å². The van der Waals surface area contributed by atoms with Gasteiger partial charge < -0.3 is 4.98 Å². The molecule has 3 heterocycles. The van der Waals surface area contributed by atoms with Crippen LogP contribution < -0.4 is 0 Å². The minimum Gasteiger partial charge on any atom is -0.346 e. The molecular weight excluding hydrogens is 238 g/mol. The van der Waals surface area contributed by atoms with Gasteiger partial charge in [-0.05, 0) is 26.3 Å². The summed E-state index contributed by atoms with van der Waals surface area (Å²) in [7, 11) is 1.97. The summed E-state index contributed by atoms with van der Waals surface area (Å²) in [6.45, 7) is 5.31. The van der Waals surface area contributed by atoms with Crippen LogP contribution in [0.1, 0.15) is 35.8 Å². The quantitative estimate of drug-likeness (QED) is 0.915. The third-order valence-electron chi connectivity index (χ3n) is 3.78. The standard InChI is InChI=1S/C14H21N5/c1-11-6-15-14(17-11)13-4-3-5-19(10-13)9-12-7-16-18(2)8-12/h6-8,13H,3-5,9-10H2,1-2H3,(H,15,17)/t13-/m1/s1. The maximum atomic E-state index is 4.49. The Morgan fingerprint density at radius 3 is 3.00 bits per heavy atom. The molecule has 19 heavy (non-hydrogen) atoms. The van der Waals surface area contributed by atoms with Crippen molar-refractivity contribution in [2.24, 2.45) is 7.05 Å². The van der Waals surface area contributed by atoms with E-state index >= 15 is 0 Å². The van der Waals surface area contributed by atoms with Crippen molar-refractivity contribution in [3.63, 3.8) is 0 Å². The van der Waals surface area contributed by atoms with Gasteiger partial charge in [0, 0.05) is 49.7 Å². The second-order valence-corrected chi connectivity index (χ2v) is 5.55. The maximum Gasteiger partial charge on any atom is 0.110 e. The number of aromatic amines is 1. The number of aryl methyl sites for hydroxylation is 2. The molecule has 5 nitrogen and oxygen atoms in total. The second kappa shape index (κ2) is 5.17. The monoisotopic (exact) mass is 259 g/mol. The van der Waals surface area contributed by atoms with Crippen molar-refractivity contribution in [1.82, 2.24) is 24.6 Å². The van der Waals surface area contributed by atoms with Gasteiger partial charge in [0.05, 0.1) is 6.20 Å². The fraction of sp³-hybridized carbons (Fsp3) is 0.571. The predicted molar refractivity (Wildman–Crippen MR) is 73.8 cm³/mol. The lowest BCUT2D eigenvalue weighted by molar-refractivity contribution is 0.197. The van der Waals surface area contributed by atoms with Crippen molar-refractivity contribution in [2.45, 2.75) is 32.2 Å². The normalized spacial score (nSPS) is 20.8. The Morgan fingerprint density at radius 1 is 1.42 bits per heavy atom. The van der Waals surface area contributed by atoms with Crippen LogP contribution >= 0.6 is 0 Å². The molecule has 2 aromatic rings. The van der Waals surface area contributed by atoms with Crippen LogP contribution in [0.4, 0.5) is 0 Å². The second-order valence-electron chi connectivity index (χ2n) is 5.55. The first kappa shape index (κ1) is 12.4. The first-order valence-electron chi connectivity index (χ1n) is 6.92. The van der Waals surface area contributed by atoms with Crippen LogP contribution in [0, 0.1) is 6.92 Å². The van der Waals surface area contributed by atoms with E-state index in [0.717, 1.165) is 24.6 Å². The SMILES string of the molecule is Cc1cnc([C@@H]2CCCN(Cc3cnn(C)c3)C2)[nH]1. The number of likely N-dealkylation sites (tertiary alicyclic amines) is 1. The van der Waals surface area contributed by atoms with E-state index in [9.17, 15) is 0 Å². The Morgan fingerprint density at radius 2 is 2.32 bits per heavy atom. The summed E-state index contributed by atoms with van der Waals surface area (Å²) in [4.78, 5) is 10.4. The van der Waals surface area contributed by atoms with E-state index in [-0.39, 0.29) is 0 Å². The van der Waals surface area contributed by atoms with Crippen molar-refractivity contribution in [3.05, 3.63) is 35.7 Å². The molecule has 1 aliphatic heterocycles. The van der Waals surface area contributed by atoms with E-state index in [4.69, 9.17) is 0 Å². The van der Waals surface area contributed by atoms with E-state index in [1.54, 1.807) is 0 Å². The van der Waals surface area contributed by atoms with Gasteiger partial charge in [-0.1, -0.05) is 0 Å². The molecule has 5 heteroatoms. The van der Waals surface area contributed by atoms with Crippen LogP contribution in [-0.4, -0.2) is 37.7 Å². The first-order valence-corrected chi connectivity index (χ1v) is 6.92. The molecule has 0 unspecified atom stereocenters. The Hall–Kier alpha value is -1.62. The number of nitrogens with zero attached hydrogens (tertiary/aromatic N) is 4. The summed E-state index contributed by atoms with van der Waals surface area (Å²) in [5, 5.41) is 4.23. The zero-order chi connectivity index (χ0) is 13.2. The highest BCUT2D eigenvalue weighted by atomic mass is 15.2. The zero-order valence-corrected chi connectivity index (χ0v) is 11.6. The number of H-pyrrole nitrogens is 1. The molecule has 1 N–H and O–H groups in total. The van der Waals surface area contributed by atoms with Gasteiger partial charge in [-0.3, -0.25) is 9.58 Å². The molecule has 0 spiro atoms. The topological polar surface area (TPSA) is 49.7 Å². The molecule has 0 aliphatic carbocycles. The number of hydrogen-bond acceptors (Lipinski definition) is 3. The molecule has 1 fully saturated rings. The molecule has 0 bridgehead atoms. The molecule has 102 valence electrons. The predicted octanol–water partition coefficient (Wildman–Crippen LogP) is 1.83. The third-order valence-corrected chi connectivity index (χ3v) is 3.78. The fourth-order valence-electron chi connectivity index (χ4n) is 2.87. The van der Waals surface area contributed by atoms with Crippen LogP contribution in [0.5, 0.6) is 0 Å². The van der Waals surface area contributed by atoms with E-state index in [0.29, 0.717) is 5.92 Å². The van der Waals surface area contributed by atoms with Gasteiger partial charge in [-0.15, -0.1) is 0 Å². The smallest absolute Gasteiger partial charge is 0.110 e. The van der Waals surface area contributed by atoms with E-state index in [1.807, 2.05) is 24.1 Å². The van der Waals surface area contributed by atoms with Crippen molar-refractivity contribution in [1.29, 1.82) is 0 Å². The number of hydrogen-bond donors (Lipinski definition) is 1. The third kappa shape index (κ3) is 2.87. The molecule has 0 amide bonds. The Bertz CT molecular complexity index is 542. The lowest BCUT2D eigenvalue weighted by Gasteiger charge is -2.31. The largest absolute Gasteiger partial charge is 0.346 e. The minimum absolute atomic E-state index is 0.541. The van der Waals surface area contributed by atoms with Crippen molar-refractivity contribution >= 4 is 0 Å². The van der Waals surface area contributed by atoms with Gasteiger partial charge >= 0.3 is 0 Å². The lowest BCUT2D eigenvalue weighted by atomic mass is 9.97. The Balaban J connectivity index is 1.64. The number of aromatic nitrogens is 4. The minimum atomic E-state index is 0.541. The summed E-state index contributed by atoms with van der Waals surface area (Å²) in [5.74, 6) is 1.69. The van der Waals surface area contributed by atoms with Crippen LogP contribution in [0.2, 0.25) is 0 Å². The number of piperidine rings is 1. The molecule has 0 saturated carbocycles. The highest BCUT2D eigenvalue weighted by molar-refractivity contribution is 5.07. The first-order chi connectivity index (χ1) is 9.20. The molecular formula is C14H21N5. The molecule has 1 saturated heterocycles. The van der Waals surface area contributed by atoms with Crippen molar-refractivity contribution < 1.29 is 0 Å². The molecule has 0 aromatic carbocycles. The molecule has 0 radical (unpaired) electrons. The summed E-state index contributed by atoms with van der Waals surface area (Å²) < 4.78 is 1.87. The number of imidazole rings is 1. The van der Waals surface area contributed by atoms with Gasteiger partial charge in [-0.25, -0.2) is 4.98 Å². The summed E-state index contributed by atoms with van der Waals surface area (Å²) in [6, 6.07) is 0. The van der Waals surface area contributed by atoms with E-state index in [2.05, 4.69) is 33.1 Å². The van der Waals surface area contributed by atoms with Crippen LogP contribution in [-0.2, 0) is 13.6 Å². The van der Waals surface area contributed by atoms with Crippen LogP contribution in [0.15, 0.2) is 18.6 Å². The van der Waals surface area contributed by atoms with Crippen LogP contribution in [0.3, 0.4) is 0 Å². The van der Waals surface area contributed by atoms with Gasteiger partial charge in [0.1, 0.15) is 5.82 Å². The summed E-state index contributed by atoms with van der Waals surface area (Å²) >= 11 is 0. The zero-order valence-electron chi connectivity index (χ0n) is 11.6. The van der Waals surface area contributed by atoms with Gasteiger partial charge in [0.25, 0.3) is 0 Å². The molecule has 3 rings (SSSR count). The molecule has 1 atom stereocenters. The van der Waals surface area contributed by atoms with E-state index < -0.39 is 0 Å². The fourth-order valence-corrected chi connectivity index (χ4v) is 2.87. The average Bonchev–Trinajstić information content (AvgIpc) is 2.99. The maximum absolute atomic E-state index is 4.49. The summed E-state index contributed by atoms with van der Waals surface area (Å²) in [5.41, 5.74) is 2.44. The van der Waals surface area contributed by atoms with Crippen molar-refractivity contribution in [3.8, 4) is 0 Å². The number of rotatable bonds is 3. The van der Waals surface area contributed by atoms with Crippen molar-refractivity contribution in [2.75, 3.05) is 13.1 Å². The number of nitrogens with one attached hydrogen (secondary N) is 1. The van der Waals surface area contributed by atoms with Crippen LogP contribution in [0.25, 0.3) is 0 Å². The van der Waals surface area contributed by atoms with Gasteiger partial charge in [-0.2, -0.15) is 5.10 Å². The summed E-state index contributed by atoms with van der Waals surface area (Å²) in [6.07, 6.45) is 8.46. The molecule has 2 aromatic heterocycles. The lowest BCUT2D eigenvalue weighted by Crippen LogP contribution is -2.34. The van der Waals surface area contributed by atoms with Gasteiger partial charge in [0.2, 0.25) is 0 Å². The average molecular weight is 259 g/mol. The Kier molecular flexibility index (Phi) is 3.38. The highest BCUT2D eigenvalue weighted by Crippen LogP contribution is 2.25. The van der Waals surface area contributed by atoms with Gasteiger partial charge in [0.15, 0.2) is 0 Å². The van der Waals surface area contributed by atoms with E-state index in [1.165, 1.54) is 24.9 Å².